The van der Waals surface area contributed by atoms with Gasteiger partial charge in [0, 0.05) is 50.7 Å². The maximum atomic E-state index is 13.1. The van der Waals surface area contributed by atoms with Crippen LogP contribution in [0.3, 0.4) is 0 Å². The van der Waals surface area contributed by atoms with Crippen LogP contribution in [0.2, 0.25) is 0 Å². The van der Waals surface area contributed by atoms with Gasteiger partial charge < -0.3 is 35.5 Å². The third-order valence-corrected chi connectivity index (χ3v) is 8.36. The molecule has 2 unspecified atom stereocenters. The van der Waals surface area contributed by atoms with Crippen LogP contribution in [0.4, 0.5) is 5.69 Å². The van der Waals surface area contributed by atoms with Crippen molar-refractivity contribution in [3.8, 4) is 0 Å². The molecular weight excluding hydrogens is 682 g/mol. The predicted octanol–water partition coefficient (Wildman–Crippen LogP) is 2.05. The number of anilines is 1. The topological polar surface area (TPSA) is 199 Å². The Bertz CT molecular complexity index is 1340. The minimum atomic E-state index is -0.803. The van der Waals surface area contributed by atoms with Gasteiger partial charge in [-0.2, -0.15) is 0 Å². The normalized spacial score (nSPS) is 13.5. The van der Waals surface area contributed by atoms with Crippen molar-refractivity contribution < 1.29 is 47.8 Å². The summed E-state index contributed by atoms with van der Waals surface area (Å²) in [5.41, 5.74) is 1.35. The van der Waals surface area contributed by atoms with Crippen molar-refractivity contribution in [2.24, 2.45) is 5.92 Å². The summed E-state index contributed by atoms with van der Waals surface area (Å²) in [6, 6.07) is 6.08. The molecule has 1 aliphatic rings. The molecule has 0 saturated carbocycles. The minimum Gasteiger partial charge on any atom is -0.461 e. The van der Waals surface area contributed by atoms with Gasteiger partial charge in [0.05, 0.1) is 38.2 Å². The summed E-state index contributed by atoms with van der Waals surface area (Å²) in [7, 11) is 0. The highest BCUT2D eigenvalue weighted by molar-refractivity contribution is 7.99. The summed E-state index contributed by atoms with van der Waals surface area (Å²) < 4.78 is 15.9. The molecule has 16 heteroatoms. The number of nitrogens with one attached hydrogen (secondary N) is 4. The molecule has 1 aromatic rings. The predicted molar refractivity (Wildman–Crippen MR) is 191 cm³/mol. The molecule has 0 aromatic heterocycles. The molecule has 2 atom stereocenters. The summed E-state index contributed by atoms with van der Waals surface area (Å²) >= 11 is 1.31. The Morgan fingerprint density at radius 3 is 2.10 bits per heavy atom. The van der Waals surface area contributed by atoms with Crippen LogP contribution in [0.15, 0.2) is 36.4 Å². The fourth-order valence-corrected chi connectivity index (χ4v) is 5.25. The zero-order valence-corrected chi connectivity index (χ0v) is 30.6. The second-order valence-corrected chi connectivity index (χ2v) is 13.1. The molecule has 4 N–H and O–H groups in total. The summed E-state index contributed by atoms with van der Waals surface area (Å²) in [5.74, 6) is -2.32. The number of nitrogens with zero attached hydrogens (tertiary/aromatic N) is 1. The van der Waals surface area contributed by atoms with Crippen molar-refractivity contribution in [3.63, 3.8) is 0 Å². The van der Waals surface area contributed by atoms with Gasteiger partial charge in [-0.15, -0.1) is 11.8 Å². The van der Waals surface area contributed by atoms with Crippen molar-refractivity contribution in [1.82, 2.24) is 20.9 Å². The summed E-state index contributed by atoms with van der Waals surface area (Å²) in [5, 5.41) is 10.6. The molecule has 15 nitrogen and oxygen atoms in total. The highest BCUT2D eigenvalue weighted by atomic mass is 32.2. The zero-order valence-electron chi connectivity index (χ0n) is 29.8. The van der Waals surface area contributed by atoms with Gasteiger partial charge in [-0.3, -0.25) is 38.5 Å². The number of hydrogen-bond acceptors (Lipinski definition) is 11. The summed E-state index contributed by atoms with van der Waals surface area (Å²) in [6.07, 6.45) is 6.71. The van der Waals surface area contributed by atoms with Crippen LogP contribution < -0.4 is 21.3 Å². The Morgan fingerprint density at radius 1 is 0.804 bits per heavy atom. The number of carbonyl (C=O) groups excluding carboxylic acids is 7. The van der Waals surface area contributed by atoms with Gasteiger partial charge in [0.2, 0.25) is 23.6 Å². The van der Waals surface area contributed by atoms with Crippen molar-refractivity contribution >= 4 is 58.9 Å². The Hall–Kier alpha value is -4.28. The van der Waals surface area contributed by atoms with Gasteiger partial charge in [-0.25, -0.2) is 0 Å². The van der Waals surface area contributed by atoms with Crippen molar-refractivity contribution in [2.75, 3.05) is 51.1 Å². The van der Waals surface area contributed by atoms with E-state index < -0.39 is 17.3 Å². The number of esters is 1. The third-order valence-electron chi connectivity index (χ3n) is 7.50. The van der Waals surface area contributed by atoms with E-state index in [4.69, 9.17) is 14.2 Å². The van der Waals surface area contributed by atoms with Crippen LogP contribution in [0.5, 0.6) is 0 Å². The van der Waals surface area contributed by atoms with Crippen LogP contribution in [-0.4, -0.2) is 104 Å². The second-order valence-electron chi connectivity index (χ2n) is 12.0. The molecule has 51 heavy (non-hydrogen) atoms. The van der Waals surface area contributed by atoms with E-state index in [1.165, 1.54) is 35.7 Å². The van der Waals surface area contributed by atoms with E-state index >= 15 is 0 Å². The number of carbonyl (C=O) groups is 7. The monoisotopic (exact) mass is 733 g/mol. The molecular formula is C35H51N5O10S. The number of thioether (sulfide) groups is 1. The molecule has 0 aliphatic carbocycles. The molecule has 2 rings (SSSR count). The SMILES string of the molecule is CSC(CC(=O)Nc1ccc(COC(C)=O)cc1)NC(=O)C(NC(=O)CCOCCOCCNC(=O)CCCCCN1C(=O)C=CC1=O)C(C)C. The first kappa shape index (κ1) is 42.9. The van der Waals surface area contributed by atoms with Crippen molar-refractivity contribution in [3.05, 3.63) is 42.0 Å². The third kappa shape index (κ3) is 18.0. The lowest BCUT2D eigenvalue weighted by Gasteiger charge is -2.24. The number of benzene rings is 1. The lowest BCUT2D eigenvalue weighted by Crippen LogP contribution is -2.52. The molecule has 1 aromatic carbocycles. The van der Waals surface area contributed by atoms with E-state index in [9.17, 15) is 33.6 Å². The summed E-state index contributed by atoms with van der Waals surface area (Å²) in [6.45, 7) is 6.77. The first-order valence-corrected chi connectivity index (χ1v) is 18.3. The Kier molecular flexibility index (Phi) is 20.2. The van der Waals surface area contributed by atoms with Crippen LogP contribution in [0.25, 0.3) is 0 Å². The molecule has 0 bridgehead atoms. The molecule has 0 fully saturated rings. The number of hydrogen-bond donors (Lipinski definition) is 4. The Labute approximate surface area is 303 Å². The number of imide groups is 1. The average molecular weight is 734 g/mol. The molecule has 0 radical (unpaired) electrons. The standard InChI is InChI=1S/C35H51N5O10S/c1-24(2)34(35(47)39-31(51-4)22-30(44)37-27-11-9-26(10-12-27)23-50-25(3)41)38-29(43)15-18-48-20-21-49-19-16-36-28(42)8-6-5-7-17-40-32(45)13-14-33(40)46/h9-14,24,31,34H,5-8,15-23H2,1-4H3,(H,36,42)(H,37,44)(H,38,43)(H,39,47). The van der Waals surface area contributed by atoms with Gasteiger partial charge in [-0.05, 0) is 42.7 Å². The molecule has 1 aliphatic heterocycles. The van der Waals surface area contributed by atoms with Crippen LogP contribution in [0.1, 0.15) is 64.9 Å². The second kappa shape index (κ2) is 24.0. The Morgan fingerprint density at radius 2 is 1.47 bits per heavy atom. The number of unbranched alkanes of at least 4 members (excludes halogenated alkanes) is 2. The van der Waals surface area contributed by atoms with E-state index in [-0.39, 0.29) is 80.7 Å². The van der Waals surface area contributed by atoms with Crippen molar-refractivity contribution in [2.45, 2.75) is 77.3 Å². The average Bonchev–Trinajstić information content (AvgIpc) is 3.41. The van der Waals surface area contributed by atoms with E-state index in [1.54, 1.807) is 30.5 Å². The van der Waals surface area contributed by atoms with E-state index in [0.717, 1.165) is 12.0 Å². The lowest BCUT2D eigenvalue weighted by atomic mass is 10.0. The van der Waals surface area contributed by atoms with Gasteiger partial charge >= 0.3 is 5.97 Å². The molecule has 0 spiro atoms. The van der Waals surface area contributed by atoms with Gasteiger partial charge in [0.25, 0.3) is 11.8 Å². The smallest absolute Gasteiger partial charge is 0.302 e. The quantitative estimate of drug-likeness (QED) is 0.0497. The van der Waals surface area contributed by atoms with E-state index in [1.807, 2.05) is 13.8 Å². The van der Waals surface area contributed by atoms with E-state index in [0.29, 0.717) is 44.6 Å². The fourth-order valence-electron chi connectivity index (χ4n) is 4.69. The van der Waals surface area contributed by atoms with Crippen LogP contribution in [0, 0.1) is 5.92 Å². The number of rotatable bonds is 25. The highest BCUT2D eigenvalue weighted by Crippen LogP contribution is 2.15. The van der Waals surface area contributed by atoms with E-state index in [2.05, 4.69) is 21.3 Å². The van der Waals surface area contributed by atoms with Crippen LogP contribution >= 0.6 is 11.8 Å². The first-order valence-electron chi connectivity index (χ1n) is 17.0. The zero-order chi connectivity index (χ0) is 37.6. The maximum absolute atomic E-state index is 13.1. The maximum Gasteiger partial charge on any atom is 0.302 e. The largest absolute Gasteiger partial charge is 0.461 e. The number of amides is 6. The van der Waals surface area contributed by atoms with Gasteiger partial charge in [0.15, 0.2) is 0 Å². The van der Waals surface area contributed by atoms with Crippen molar-refractivity contribution in [1.29, 1.82) is 0 Å². The molecule has 282 valence electrons. The van der Waals surface area contributed by atoms with Gasteiger partial charge in [0.1, 0.15) is 12.6 Å². The summed E-state index contributed by atoms with van der Waals surface area (Å²) in [4.78, 5) is 85.4. The fraction of sp³-hybridized carbons (Fsp3) is 0.571. The molecule has 0 saturated heterocycles. The van der Waals surface area contributed by atoms with Crippen LogP contribution in [-0.2, 0) is 54.4 Å². The molecule has 1 heterocycles. The lowest BCUT2D eigenvalue weighted by molar-refractivity contribution is -0.142. The first-order chi connectivity index (χ1) is 24.4. The molecule has 6 amide bonds. The number of ether oxygens (including phenoxy) is 3. The minimum absolute atomic E-state index is 0.0102. The highest BCUT2D eigenvalue weighted by Gasteiger charge is 2.27. The Balaban J connectivity index is 1.55. The van der Waals surface area contributed by atoms with Gasteiger partial charge in [-0.1, -0.05) is 32.4 Å².